The zero-order chi connectivity index (χ0) is 37.3. The summed E-state index contributed by atoms with van der Waals surface area (Å²) in [6.07, 6.45) is 20.0. The van der Waals surface area contributed by atoms with Gasteiger partial charge in [0, 0.05) is 49.0 Å². The van der Waals surface area contributed by atoms with Crippen LogP contribution in [0.3, 0.4) is 0 Å². The van der Waals surface area contributed by atoms with Gasteiger partial charge in [0.2, 0.25) is 11.8 Å². The van der Waals surface area contributed by atoms with Crippen molar-refractivity contribution in [2.75, 3.05) is 49.9 Å². The molecule has 294 valence electrons. The predicted octanol–water partition coefficient (Wildman–Crippen LogP) is 6.86. The number of anilines is 2. The number of aliphatic hydroxyl groups excluding tert-OH is 1. The number of rotatable bonds is 10. The summed E-state index contributed by atoms with van der Waals surface area (Å²) >= 11 is 3.62. The van der Waals surface area contributed by atoms with E-state index in [0.717, 1.165) is 91.4 Å². The Hall–Kier alpha value is -3.42. The average molecular weight is 785 g/mol. The molecule has 3 N–H and O–H groups in total. The maximum absolute atomic E-state index is 12.7. The normalized spacial score (nSPS) is 20.2. The monoisotopic (exact) mass is 784 g/mol. The summed E-state index contributed by atoms with van der Waals surface area (Å²) in [5.74, 6) is 5.05. The highest BCUT2D eigenvalue weighted by molar-refractivity contribution is 7.19. The highest BCUT2D eigenvalue weighted by Crippen LogP contribution is 2.41. The molecule has 0 aromatic carbocycles. The first-order valence-electron chi connectivity index (χ1n) is 21.3. The van der Waals surface area contributed by atoms with Gasteiger partial charge >= 0.3 is 0 Å². The second-order valence-electron chi connectivity index (χ2n) is 16.8. The summed E-state index contributed by atoms with van der Waals surface area (Å²) in [6, 6.07) is 0. The number of carbonyl (C=O) groups excluding carboxylic acids is 2. The van der Waals surface area contributed by atoms with E-state index in [-0.39, 0.29) is 24.3 Å². The maximum atomic E-state index is 12.7. The lowest BCUT2D eigenvalue weighted by atomic mass is 9.97. The summed E-state index contributed by atoms with van der Waals surface area (Å²) in [4.78, 5) is 53.7. The van der Waals surface area contributed by atoms with Crippen molar-refractivity contribution < 1.29 is 14.7 Å². The van der Waals surface area contributed by atoms with E-state index in [1.165, 1.54) is 95.9 Å². The van der Waals surface area contributed by atoms with E-state index in [0.29, 0.717) is 44.0 Å². The molecule has 6 aliphatic rings. The molecule has 0 unspecified atom stereocenters. The van der Waals surface area contributed by atoms with Gasteiger partial charge in [-0.05, 0) is 132 Å². The quantitative estimate of drug-likeness (QED) is 0.158. The average Bonchev–Trinajstić information content (AvgIpc) is 4.14. The largest absolute Gasteiger partial charge is 0.393 e. The van der Waals surface area contributed by atoms with E-state index >= 15 is 0 Å². The standard InChI is InChI=1S/C21H28N4O2S.C21H28N4OS/c26-14-7-9-25(10-8-14)18(27)11-17-23-20(22-12-13-5-6-13)19-15-3-1-2-4-16(15)28-21(19)24-17;26-18(25-10-4-1-5-11-25)12-17-23-20(22-13-14-8-9-14)19-15-6-2-3-7-16(15)27-21(19)24-17/h13-14,26H,1-12H2,(H,22,23,24);14H,1-13H2,(H,22,23,24). The zero-order valence-corrected chi connectivity index (χ0v) is 33.8. The lowest BCUT2D eigenvalue weighted by molar-refractivity contribution is -0.133. The third kappa shape index (κ3) is 8.78. The van der Waals surface area contributed by atoms with E-state index in [9.17, 15) is 14.7 Å². The molecule has 4 aromatic heterocycles. The third-order valence-electron chi connectivity index (χ3n) is 12.4. The molecular formula is C42H56N8O3S2. The summed E-state index contributed by atoms with van der Waals surface area (Å²) in [6.45, 7) is 5.00. The highest BCUT2D eigenvalue weighted by Gasteiger charge is 2.28. The molecule has 0 radical (unpaired) electrons. The number of aromatic nitrogens is 4. The fourth-order valence-electron chi connectivity index (χ4n) is 8.70. The van der Waals surface area contributed by atoms with Gasteiger partial charge in [-0.1, -0.05) is 0 Å². The number of hydrogen-bond acceptors (Lipinski definition) is 11. The van der Waals surface area contributed by atoms with Crippen LogP contribution in [0, 0.1) is 11.8 Å². The van der Waals surface area contributed by atoms with Crippen LogP contribution in [0.4, 0.5) is 11.6 Å². The van der Waals surface area contributed by atoms with Crippen LogP contribution in [-0.4, -0.2) is 92.0 Å². The molecule has 6 heterocycles. The lowest BCUT2D eigenvalue weighted by Crippen LogP contribution is -2.41. The Bertz CT molecular complexity index is 2020. The van der Waals surface area contributed by atoms with E-state index in [1.54, 1.807) is 11.3 Å². The van der Waals surface area contributed by atoms with E-state index in [2.05, 4.69) is 10.6 Å². The molecule has 2 saturated heterocycles. The van der Waals surface area contributed by atoms with Crippen molar-refractivity contribution in [2.24, 2.45) is 11.8 Å². The van der Waals surface area contributed by atoms with E-state index in [1.807, 2.05) is 21.1 Å². The van der Waals surface area contributed by atoms with Gasteiger partial charge in [-0.25, -0.2) is 19.9 Å². The number of aliphatic hydroxyl groups is 1. The van der Waals surface area contributed by atoms with Crippen molar-refractivity contribution in [2.45, 2.75) is 128 Å². The van der Waals surface area contributed by atoms with Crippen LogP contribution in [0.1, 0.15) is 116 Å². The van der Waals surface area contributed by atoms with Gasteiger partial charge in [-0.2, -0.15) is 0 Å². The van der Waals surface area contributed by atoms with E-state index in [4.69, 9.17) is 19.9 Å². The molecular weight excluding hydrogens is 729 g/mol. The molecule has 11 nitrogen and oxygen atoms in total. The third-order valence-corrected chi connectivity index (χ3v) is 14.7. The molecule has 0 spiro atoms. The van der Waals surface area contributed by atoms with Crippen LogP contribution < -0.4 is 10.6 Å². The highest BCUT2D eigenvalue weighted by atomic mass is 32.1. The van der Waals surface area contributed by atoms with Crippen molar-refractivity contribution in [3.63, 3.8) is 0 Å². The topological polar surface area (TPSA) is 136 Å². The van der Waals surface area contributed by atoms with Crippen LogP contribution in [0.5, 0.6) is 0 Å². The van der Waals surface area contributed by atoms with Gasteiger partial charge in [0.05, 0.1) is 29.7 Å². The Balaban J connectivity index is 0.000000144. The number of hydrogen-bond donors (Lipinski definition) is 3. The Labute approximate surface area is 332 Å². The van der Waals surface area contributed by atoms with Gasteiger partial charge in [0.25, 0.3) is 0 Å². The summed E-state index contributed by atoms with van der Waals surface area (Å²) in [7, 11) is 0. The minimum Gasteiger partial charge on any atom is -0.393 e. The number of nitrogens with zero attached hydrogens (tertiary/aromatic N) is 6. The van der Waals surface area contributed by atoms with Gasteiger partial charge in [-0.15, -0.1) is 22.7 Å². The molecule has 10 rings (SSSR count). The van der Waals surface area contributed by atoms with Crippen LogP contribution in [0.25, 0.3) is 20.4 Å². The Morgan fingerprint density at radius 2 is 1.04 bits per heavy atom. The minimum absolute atomic E-state index is 0.0701. The summed E-state index contributed by atoms with van der Waals surface area (Å²) < 4.78 is 0. The molecule has 13 heteroatoms. The Kier molecular flexibility index (Phi) is 11.2. The van der Waals surface area contributed by atoms with Crippen LogP contribution in [-0.2, 0) is 48.1 Å². The number of nitrogens with one attached hydrogen (secondary N) is 2. The van der Waals surface area contributed by atoms with Crippen LogP contribution >= 0.6 is 22.7 Å². The smallest absolute Gasteiger partial charge is 0.230 e. The first-order valence-corrected chi connectivity index (χ1v) is 22.9. The number of amides is 2. The number of carbonyl (C=O) groups is 2. The van der Waals surface area contributed by atoms with Crippen molar-refractivity contribution in [3.8, 4) is 0 Å². The fraction of sp³-hybridized carbons (Fsp3) is 0.667. The second-order valence-corrected chi connectivity index (χ2v) is 19.0. The van der Waals surface area contributed by atoms with Gasteiger partial charge in [-0.3, -0.25) is 9.59 Å². The number of aryl methyl sites for hydroxylation is 4. The minimum atomic E-state index is -0.271. The summed E-state index contributed by atoms with van der Waals surface area (Å²) in [5, 5.41) is 19.3. The lowest BCUT2D eigenvalue weighted by Gasteiger charge is -2.29. The molecule has 2 amide bonds. The van der Waals surface area contributed by atoms with Gasteiger partial charge in [0.1, 0.15) is 32.9 Å². The first kappa shape index (κ1) is 37.2. The number of likely N-dealkylation sites (tertiary alicyclic amines) is 2. The predicted molar refractivity (Wildman–Crippen MR) is 220 cm³/mol. The maximum Gasteiger partial charge on any atom is 0.230 e. The van der Waals surface area contributed by atoms with Crippen molar-refractivity contribution in [1.29, 1.82) is 0 Å². The molecule has 4 aromatic rings. The zero-order valence-electron chi connectivity index (χ0n) is 32.2. The number of piperidine rings is 2. The fourth-order valence-corrected chi connectivity index (χ4v) is 11.3. The van der Waals surface area contributed by atoms with Gasteiger partial charge in [0.15, 0.2) is 0 Å². The molecule has 4 aliphatic carbocycles. The Morgan fingerprint density at radius 3 is 1.51 bits per heavy atom. The van der Waals surface area contributed by atoms with Crippen LogP contribution in [0.2, 0.25) is 0 Å². The Morgan fingerprint density at radius 1 is 0.582 bits per heavy atom. The first-order chi connectivity index (χ1) is 26.9. The van der Waals surface area contributed by atoms with E-state index < -0.39 is 0 Å². The SMILES string of the molecule is O=C(Cc1nc(NCC2CC2)c2c3c(sc2n1)CCCC3)N1CCC(O)CC1.O=C(Cc1nc(NCC2CC2)c2c3c(sc2n1)CCCC3)N1CCCCC1. The number of fused-ring (bicyclic) bond motifs is 6. The van der Waals surface area contributed by atoms with Crippen molar-refractivity contribution in [1.82, 2.24) is 29.7 Å². The molecule has 4 fully saturated rings. The second kappa shape index (κ2) is 16.6. The molecule has 0 atom stereocenters. The molecule has 2 saturated carbocycles. The van der Waals surface area contributed by atoms with Crippen molar-refractivity contribution in [3.05, 3.63) is 32.5 Å². The molecule has 2 aliphatic heterocycles. The summed E-state index contributed by atoms with van der Waals surface area (Å²) in [5.41, 5.74) is 2.90. The number of thiophene rings is 2. The van der Waals surface area contributed by atoms with Crippen LogP contribution in [0.15, 0.2) is 0 Å². The molecule has 0 bridgehead atoms. The molecule has 55 heavy (non-hydrogen) atoms. The van der Waals surface area contributed by atoms with Crippen molar-refractivity contribution >= 4 is 66.6 Å². The van der Waals surface area contributed by atoms with Gasteiger partial charge < -0.3 is 25.5 Å².